The smallest absolute Gasteiger partial charge is 0.254 e. The summed E-state index contributed by atoms with van der Waals surface area (Å²) >= 11 is 3.42. The number of sulfonamides is 1. The molecule has 0 amide bonds. The highest BCUT2D eigenvalue weighted by Gasteiger charge is 2.27. The Bertz CT molecular complexity index is 857. The standard InChI is InChI=1S/C17H21BrN4O2S/c1-13-10-15(18)11-19-16(13)7-4-5-9-20-22-12-14-6-2-3-8-17(14)25(23,24)21-22/h2-3,6,8,10-11,20-21H,4-5,7,9,12H2,1H3. The van der Waals surface area contributed by atoms with Gasteiger partial charge in [-0.2, -0.15) is 5.12 Å². The van der Waals surface area contributed by atoms with Crippen LogP contribution in [0, 0.1) is 6.92 Å². The molecular weight excluding hydrogens is 404 g/mol. The van der Waals surface area contributed by atoms with E-state index in [2.05, 4.69) is 44.2 Å². The van der Waals surface area contributed by atoms with Gasteiger partial charge in [-0.25, -0.2) is 13.8 Å². The molecule has 0 fully saturated rings. The van der Waals surface area contributed by atoms with Gasteiger partial charge in [0.1, 0.15) is 0 Å². The van der Waals surface area contributed by atoms with E-state index < -0.39 is 10.0 Å². The average molecular weight is 425 g/mol. The van der Waals surface area contributed by atoms with Crippen molar-refractivity contribution in [2.24, 2.45) is 0 Å². The first-order chi connectivity index (χ1) is 12.0. The Morgan fingerprint density at radius 3 is 2.92 bits per heavy atom. The number of nitrogens with one attached hydrogen (secondary N) is 2. The lowest BCUT2D eigenvalue weighted by Gasteiger charge is -2.29. The largest absolute Gasteiger partial charge is 0.260 e. The maximum atomic E-state index is 12.2. The molecule has 0 spiro atoms. The van der Waals surface area contributed by atoms with Crippen molar-refractivity contribution in [2.45, 2.75) is 37.6 Å². The highest BCUT2D eigenvalue weighted by Crippen LogP contribution is 2.20. The molecule has 2 N–H and O–H groups in total. The topological polar surface area (TPSA) is 74.3 Å². The van der Waals surface area contributed by atoms with Gasteiger partial charge in [0.15, 0.2) is 0 Å². The highest BCUT2D eigenvalue weighted by atomic mass is 79.9. The van der Waals surface area contributed by atoms with Crippen LogP contribution < -0.4 is 10.3 Å². The van der Waals surface area contributed by atoms with E-state index in [9.17, 15) is 8.42 Å². The molecule has 25 heavy (non-hydrogen) atoms. The summed E-state index contributed by atoms with van der Waals surface area (Å²) in [4.78, 5) is 7.34. The lowest BCUT2D eigenvalue weighted by Crippen LogP contribution is -2.53. The summed E-state index contributed by atoms with van der Waals surface area (Å²) < 4.78 is 25.4. The van der Waals surface area contributed by atoms with Crippen LogP contribution in [0.4, 0.5) is 0 Å². The van der Waals surface area contributed by atoms with E-state index in [1.54, 1.807) is 17.3 Å². The van der Waals surface area contributed by atoms with Crippen molar-refractivity contribution in [3.05, 3.63) is 57.8 Å². The first-order valence-electron chi connectivity index (χ1n) is 8.18. The number of halogens is 1. The molecule has 8 heteroatoms. The Kier molecular flexibility index (Phi) is 5.85. The molecule has 1 aliphatic heterocycles. The van der Waals surface area contributed by atoms with Crippen LogP contribution in [0.2, 0.25) is 0 Å². The molecule has 0 unspecified atom stereocenters. The number of nitrogens with zero attached hydrogens (tertiary/aromatic N) is 2. The van der Waals surface area contributed by atoms with Crippen molar-refractivity contribution in [3.63, 3.8) is 0 Å². The fourth-order valence-electron chi connectivity index (χ4n) is 2.84. The van der Waals surface area contributed by atoms with Gasteiger partial charge < -0.3 is 0 Å². The molecule has 1 aromatic heterocycles. The maximum Gasteiger partial charge on any atom is 0.254 e. The minimum Gasteiger partial charge on any atom is -0.260 e. The van der Waals surface area contributed by atoms with Crippen molar-refractivity contribution in [1.82, 2.24) is 20.4 Å². The predicted octanol–water partition coefficient (Wildman–Crippen LogP) is 2.69. The second-order valence-corrected chi connectivity index (χ2v) is 8.62. The van der Waals surface area contributed by atoms with Crippen LogP contribution in [0.5, 0.6) is 0 Å². The Hall–Kier alpha value is -1.32. The number of aromatic nitrogens is 1. The molecule has 134 valence electrons. The third-order valence-electron chi connectivity index (χ3n) is 4.12. The zero-order valence-corrected chi connectivity index (χ0v) is 16.4. The monoisotopic (exact) mass is 424 g/mol. The normalized spacial score (nSPS) is 16.6. The van der Waals surface area contributed by atoms with Gasteiger partial charge >= 0.3 is 0 Å². The van der Waals surface area contributed by atoms with Gasteiger partial charge in [0.05, 0.1) is 11.4 Å². The number of hydrogen-bond acceptors (Lipinski definition) is 5. The maximum absolute atomic E-state index is 12.2. The van der Waals surface area contributed by atoms with Gasteiger partial charge in [-0.05, 0) is 65.4 Å². The average Bonchev–Trinajstić information content (AvgIpc) is 2.56. The van der Waals surface area contributed by atoms with Crippen LogP contribution in [0.15, 0.2) is 45.9 Å². The molecular formula is C17H21BrN4O2S. The summed E-state index contributed by atoms with van der Waals surface area (Å²) in [6.07, 6.45) is 4.65. The van der Waals surface area contributed by atoms with Gasteiger partial charge in [0.2, 0.25) is 0 Å². The zero-order chi connectivity index (χ0) is 17.9. The van der Waals surface area contributed by atoms with Gasteiger partial charge in [-0.1, -0.05) is 18.2 Å². The van der Waals surface area contributed by atoms with E-state index >= 15 is 0 Å². The number of pyridine rings is 1. The Morgan fingerprint density at radius 1 is 1.32 bits per heavy atom. The van der Waals surface area contributed by atoms with Crippen LogP contribution in [0.1, 0.15) is 29.7 Å². The van der Waals surface area contributed by atoms with Crippen molar-refractivity contribution in [3.8, 4) is 0 Å². The molecule has 0 bridgehead atoms. The molecule has 1 aliphatic rings. The highest BCUT2D eigenvalue weighted by molar-refractivity contribution is 9.10. The van der Waals surface area contributed by atoms with Gasteiger partial charge in [0, 0.05) is 22.9 Å². The lowest BCUT2D eigenvalue weighted by atomic mass is 10.1. The van der Waals surface area contributed by atoms with Gasteiger partial charge in [0.25, 0.3) is 10.0 Å². The molecule has 2 heterocycles. The number of fused-ring (bicyclic) bond motifs is 1. The molecule has 0 radical (unpaired) electrons. The molecule has 0 saturated heterocycles. The number of hydrazine groups is 2. The third-order valence-corrected chi connectivity index (χ3v) is 5.99. The number of benzene rings is 1. The number of rotatable bonds is 6. The van der Waals surface area contributed by atoms with Gasteiger partial charge in [-0.3, -0.25) is 4.98 Å². The minimum absolute atomic E-state index is 0.352. The SMILES string of the molecule is Cc1cc(Br)cnc1CCCCNN1Cc2ccccc2S(=O)(=O)N1. The first-order valence-corrected chi connectivity index (χ1v) is 10.5. The van der Waals surface area contributed by atoms with E-state index in [1.165, 1.54) is 5.56 Å². The summed E-state index contributed by atoms with van der Waals surface area (Å²) in [5.74, 6) is 0. The van der Waals surface area contributed by atoms with Crippen molar-refractivity contribution < 1.29 is 8.42 Å². The Balaban J connectivity index is 1.47. The van der Waals surface area contributed by atoms with Crippen molar-refractivity contribution in [2.75, 3.05) is 6.54 Å². The molecule has 1 aromatic carbocycles. The van der Waals surface area contributed by atoms with Crippen LogP contribution >= 0.6 is 15.9 Å². The number of unbranched alkanes of at least 4 members (excludes halogenated alkanes) is 1. The molecule has 3 rings (SSSR count). The Labute approximate surface area is 156 Å². The summed E-state index contributed by atoms with van der Waals surface area (Å²) in [6.45, 7) is 3.26. The minimum atomic E-state index is -3.49. The summed E-state index contributed by atoms with van der Waals surface area (Å²) in [6, 6.07) is 9.12. The fraction of sp³-hybridized carbons (Fsp3) is 0.353. The van der Waals surface area contributed by atoms with E-state index in [0.717, 1.165) is 35.0 Å². The van der Waals surface area contributed by atoms with E-state index in [0.29, 0.717) is 18.0 Å². The van der Waals surface area contributed by atoms with E-state index in [-0.39, 0.29) is 0 Å². The summed E-state index contributed by atoms with van der Waals surface area (Å²) in [5.41, 5.74) is 6.23. The third kappa shape index (κ3) is 4.65. The second-order valence-electron chi connectivity index (χ2n) is 6.07. The first kappa shape index (κ1) is 18.5. The van der Waals surface area contributed by atoms with E-state index in [4.69, 9.17) is 0 Å². The van der Waals surface area contributed by atoms with Crippen LogP contribution in [-0.4, -0.2) is 25.1 Å². The zero-order valence-electron chi connectivity index (χ0n) is 14.0. The molecule has 6 nitrogen and oxygen atoms in total. The summed E-state index contributed by atoms with van der Waals surface area (Å²) in [7, 11) is -3.49. The second kappa shape index (κ2) is 7.92. The Morgan fingerprint density at radius 2 is 2.12 bits per heavy atom. The van der Waals surface area contributed by atoms with Crippen molar-refractivity contribution in [1.29, 1.82) is 0 Å². The summed E-state index contributed by atoms with van der Waals surface area (Å²) in [5, 5.41) is 1.54. The lowest BCUT2D eigenvalue weighted by molar-refractivity contribution is 0.139. The molecule has 2 aromatic rings. The fourth-order valence-corrected chi connectivity index (χ4v) is 4.54. The van der Waals surface area contributed by atoms with Crippen LogP contribution in [0.25, 0.3) is 0 Å². The molecule has 0 saturated carbocycles. The number of hydrogen-bond donors (Lipinski definition) is 2. The molecule has 0 atom stereocenters. The molecule has 0 aliphatic carbocycles. The van der Waals surface area contributed by atoms with Crippen LogP contribution in [-0.2, 0) is 23.0 Å². The predicted molar refractivity (Wildman–Crippen MR) is 99.9 cm³/mol. The van der Waals surface area contributed by atoms with Crippen LogP contribution in [0.3, 0.4) is 0 Å². The number of aryl methyl sites for hydroxylation is 2. The van der Waals surface area contributed by atoms with Gasteiger partial charge in [-0.15, -0.1) is 4.83 Å². The van der Waals surface area contributed by atoms with E-state index in [1.807, 2.05) is 18.3 Å². The quantitative estimate of drug-likeness (QED) is 0.697. The van der Waals surface area contributed by atoms with Crippen molar-refractivity contribution >= 4 is 26.0 Å².